The molecule has 1 saturated heterocycles. The summed E-state index contributed by atoms with van der Waals surface area (Å²) in [4.78, 5) is 11.6. The second kappa shape index (κ2) is 6.97. The van der Waals surface area contributed by atoms with E-state index in [0.29, 0.717) is 24.5 Å². The first-order valence-corrected chi connectivity index (χ1v) is 6.79. The Hall–Kier alpha value is -0.610. The second-order valence-electron chi connectivity index (χ2n) is 5.57. The van der Waals surface area contributed by atoms with Crippen molar-refractivity contribution < 1.29 is 4.79 Å². The average molecular weight is 241 g/mol. The number of hydrazine groups is 1. The number of amides is 1. The van der Waals surface area contributed by atoms with Gasteiger partial charge in [-0.25, -0.2) is 10.4 Å². The van der Waals surface area contributed by atoms with Crippen LogP contribution < -0.4 is 10.7 Å². The van der Waals surface area contributed by atoms with Crippen LogP contribution in [0.25, 0.3) is 0 Å². The molecular weight excluding hydrogens is 214 g/mol. The van der Waals surface area contributed by atoms with E-state index in [1.54, 1.807) is 0 Å². The maximum Gasteiger partial charge on any atom is 0.235 e. The van der Waals surface area contributed by atoms with Gasteiger partial charge in [0.2, 0.25) is 5.91 Å². The first-order valence-electron chi connectivity index (χ1n) is 6.79. The summed E-state index contributed by atoms with van der Waals surface area (Å²) < 4.78 is 0. The van der Waals surface area contributed by atoms with Crippen molar-refractivity contribution >= 4 is 5.91 Å². The van der Waals surface area contributed by atoms with E-state index in [2.05, 4.69) is 43.4 Å². The highest BCUT2D eigenvalue weighted by atomic mass is 16.2. The zero-order valence-electron chi connectivity index (χ0n) is 11.6. The standard InChI is InChI=1S/C13H27N3O/c1-10(2)8-14-13(17)9-15-16-11(3)6-5-7-12(16)4/h10-12,15H,5-9H2,1-4H3,(H,14,17). The number of rotatable bonds is 5. The van der Waals surface area contributed by atoms with Gasteiger partial charge in [-0.3, -0.25) is 4.79 Å². The molecule has 2 N–H and O–H groups in total. The number of hydrogen-bond donors (Lipinski definition) is 2. The van der Waals surface area contributed by atoms with E-state index in [9.17, 15) is 4.79 Å². The fourth-order valence-corrected chi connectivity index (χ4v) is 2.28. The topological polar surface area (TPSA) is 44.4 Å². The van der Waals surface area contributed by atoms with E-state index in [0.717, 1.165) is 6.54 Å². The van der Waals surface area contributed by atoms with Gasteiger partial charge in [0.1, 0.15) is 0 Å². The molecule has 1 aliphatic heterocycles. The molecule has 1 amide bonds. The number of carbonyl (C=O) groups is 1. The van der Waals surface area contributed by atoms with Crippen LogP contribution >= 0.6 is 0 Å². The van der Waals surface area contributed by atoms with Gasteiger partial charge in [0.15, 0.2) is 0 Å². The van der Waals surface area contributed by atoms with Crippen molar-refractivity contribution in [2.24, 2.45) is 5.92 Å². The Balaban J connectivity index is 2.26. The SMILES string of the molecule is CC(C)CNC(=O)CNN1C(C)CCCC1C. The molecule has 1 fully saturated rings. The van der Waals surface area contributed by atoms with Crippen LogP contribution in [0, 0.1) is 5.92 Å². The Morgan fingerprint density at radius 3 is 2.41 bits per heavy atom. The first-order chi connectivity index (χ1) is 8.00. The number of piperidine rings is 1. The first kappa shape index (κ1) is 14.5. The monoisotopic (exact) mass is 241 g/mol. The third-order valence-corrected chi connectivity index (χ3v) is 3.32. The molecule has 2 unspecified atom stereocenters. The smallest absolute Gasteiger partial charge is 0.235 e. The van der Waals surface area contributed by atoms with Crippen molar-refractivity contribution in [2.45, 2.75) is 59.0 Å². The largest absolute Gasteiger partial charge is 0.355 e. The summed E-state index contributed by atoms with van der Waals surface area (Å²) in [5.41, 5.74) is 3.27. The van der Waals surface area contributed by atoms with E-state index >= 15 is 0 Å². The zero-order chi connectivity index (χ0) is 12.8. The van der Waals surface area contributed by atoms with E-state index < -0.39 is 0 Å². The van der Waals surface area contributed by atoms with Crippen molar-refractivity contribution in [1.82, 2.24) is 15.8 Å². The molecule has 0 saturated carbocycles. The number of nitrogens with one attached hydrogen (secondary N) is 2. The number of carbonyl (C=O) groups excluding carboxylic acids is 1. The lowest BCUT2D eigenvalue weighted by atomic mass is 10.00. The van der Waals surface area contributed by atoms with Gasteiger partial charge in [0, 0.05) is 18.6 Å². The normalized spacial score (nSPS) is 26.2. The molecule has 17 heavy (non-hydrogen) atoms. The Bertz CT molecular complexity index is 233. The summed E-state index contributed by atoms with van der Waals surface area (Å²) in [5, 5.41) is 5.16. The predicted octanol–water partition coefficient (Wildman–Crippen LogP) is 1.53. The average Bonchev–Trinajstić information content (AvgIpc) is 2.25. The van der Waals surface area contributed by atoms with Gasteiger partial charge in [-0.15, -0.1) is 0 Å². The van der Waals surface area contributed by atoms with Gasteiger partial charge >= 0.3 is 0 Å². The van der Waals surface area contributed by atoms with Crippen LogP contribution in [0.15, 0.2) is 0 Å². The zero-order valence-corrected chi connectivity index (χ0v) is 11.6. The van der Waals surface area contributed by atoms with Crippen LogP contribution in [0.1, 0.15) is 47.0 Å². The third-order valence-electron chi connectivity index (χ3n) is 3.32. The minimum Gasteiger partial charge on any atom is -0.355 e. The minimum absolute atomic E-state index is 0.0867. The molecule has 0 bridgehead atoms. The molecule has 0 aromatic carbocycles. The van der Waals surface area contributed by atoms with Crippen molar-refractivity contribution in [2.75, 3.05) is 13.1 Å². The lowest BCUT2D eigenvalue weighted by Crippen LogP contribution is -2.54. The highest BCUT2D eigenvalue weighted by molar-refractivity contribution is 5.77. The molecule has 0 spiro atoms. The van der Waals surface area contributed by atoms with Crippen molar-refractivity contribution in [3.63, 3.8) is 0 Å². The quantitative estimate of drug-likeness (QED) is 0.767. The molecule has 1 aliphatic rings. The van der Waals surface area contributed by atoms with E-state index in [1.165, 1.54) is 19.3 Å². The van der Waals surface area contributed by atoms with Crippen LogP contribution in [-0.2, 0) is 4.79 Å². The summed E-state index contributed by atoms with van der Waals surface area (Å²) in [7, 11) is 0. The number of nitrogens with zero attached hydrogens (tertiary/aromatic N) is 1. The Kier molecular flexibility index (Phi) is 5.92. The fourth-order valence-electron chi connectivity index (χ4n) is 2.28. The van der Waals surface area contributed by atoms with Gasteiger partial charge in [0.05, 0.1) is 6.54 Å². The Labute approximate surface area is 105 Å². The van der Waals surface area contributed by atoms with Crippen molar-refractivity contribution in [1.29, 1.82) is 0 Å². The molecule has 100 valence electrons. The molecule has 2 atom stereocenters. The molecule has 4 heteroatoms. The van der Waals surface area contributed by atoms with Crippen LogP contribution in [0.5, 0.6) is 0 Å². The summed E-state index contributed by atoms with van der Waals surface area (Å²) in [5.74, 6) is 0.593. The number of hydrogen-bond acceptors (Lipinski definition) is 3. The van der Waals surface area contributed by atoms with Gasteiger partial charge in [-0.1, -0.05) is 20.3 Å². The molecule has 1 rings (SSSR count). The van der Waals surface area contributed by atoms with Gasteiger partial charge < -0.3 is 5.32 Å². The summed E-state index contributed by atoms with van der Waals surface area (Å²) >= 11 is 0. The van der Waals surface area contributed by atoms with Crippen LogP contribution in [-0.4, -0.2) is 36.1 Å². The molecular formula is C13H27N3O. The highest BCUT2D eigenvalue weighted by Crippen LogP contribution is 2.19. The minimum atomic E-state index is 0.0867. The molecule has 0 aromatic rings. The summed E-state index contributed by atoms with van der Waals surface area (Å²) in [6.07, 6.45) is 3.72. The molecule has 0 aromatic heterocycles. The molecule has 4 nitrogen and oxygen atoms in total. The molecule has 0 radical (unpaired) electrons. The van der Waals surface area contributed by atoms with Crippen LogP contribution in [0.4, 0.5) is 0 Å². The predicted molar refractivity (Wildman–Crippen MR) is 70.5 cm³/mol. The highest BCUT2D eigenvalue weighted by Gasteiger charge is 2.24. The van der Waals surface area contributed by atoms with Gasteiger partial charge in [0.25, 0.3) is 0 Å². The summed E-state index contributed by atoms with van der Waals surface area (Å²) in [6.45, 7) is 9.78. The van der Waals surface area contributed by atoms with Crippen molar-refractivity contribution in [3.05, 3.63) is 0 Å². The molecule has 1 heterocycles. The van der Waals surface area contributed by atoms with E-state index in [-0.39, 0.29) is 5.91 Å². The summed E-state index contributed by atoms with van der Waals surface area (Å²) in [6, 6.07) is 1.05. The Morgan fingerprint density at radius 2 is 1.88 bits per heavy atom. The van der Waals surface area contributed by atoms with Crippen LogP contribution in [0.2, 0.25) is 0 Å². The van der Waals surface area contributed by atoms with Crippen molar-refractivity contribution in [3.8, 4) is 0 Å². The second-order valence-corrected chi connectivity index (χ2v) is 5.57. The maximum absolute atomic E-state index is 11.6. The fraction of sp³-hybridized carbons (Fsp3) is 0.923. The maximum atomic E-state index is 11.6. The Morgan fingerprint density at radius 1 is 1.29 bits per heavy atom. The van der Waals surface area contributed by atoms with E-state index in [4.69, 9.17) is 0 Å². The lowest BCUT2D eigenvalue weighted by Gasteiger charge is -2.38. The van der Waals surface area contributed by atoms with E-state index in [1.807, 2.05) is 0 Å². The third kappa shape index (κ3) is 5.04. The lowest BCUT2D eigenvalue weighted by molar-refractivity contribution is -0.122. The van der Waals surface area contributed by atoms with Crippen LogP contribution in [0.3, 0.4) is 0 Å². The van der Waals surface area contributed by atoms with Gasteiger partial charge in [-0.05, 0) is 32.6 Å². The van der Waals surface area contributed by atoms with Gasteiger partial charge in [-0.2, -0.15) is 0 Å². The molecule has 0 aliphatic carbocycles.